The van der Waals surface area contributed by atoms with Gasteiger partial charge in [0.15, 0.2) is 0 Å². The minimum atomic E-state index is -0.284. The highest BCUT2D eigenvalue weighted by Crippen LogP contribution is 2.55. The van der Waals surface area contributed by atoms with Crippen LogP contribution in [0.2, 0.25) is 0 Å². The molecule has 4 saturated carbocycles. The lowest BCUT2D eigenvalue weighted by atomic mass is 9.53. The summed E-state index contributed by atoms with van der Waals surface area (Å²) in [5.41, 5.74) is 1.99. The maximum atomic E-state index is 13.0. The molecule has 0 atom stereocenters. The zero-order valence-corrected chi connectivity index (χ0v) is 17.8. The largest absolute Gasteiger partial charge is 0.346 e. The summed E-state index contributed by atoms with van der Waals surface area (Å²) in [5, 5.41) is 7.51. The lowest BCUT2D eigenvalue weighted by Crippen LogP contribution is -2.60. The van der Waals surface area contributed by atoms with E-state index in [2.05, 4.69) is 32.0 Å². The molecule has 5 nitrogen and oxygen atoms in total. The van der Waals surface area contributed by atoms with Crippen LogP contribution in [-0.2, 0) is 13.1 Å². The number of hydrogen-bond donors (Lipinski definition) is 2. The van der Waals surface area contributed by atoms with Crippen LogP contribution in [0.3, 0.4) is 0 Å². The van der Waals surface area contributed by atoms with Crippen molar-refractivity contribution in [2.45, 2.75) is 57.2 Å². The summed E-state index contributed by atoms with van der Waals surface area (Å²) in [6.07, 6.45) is 7.28. The monoisotopic (exact) mass is 411 g/mol. The maximum absolute atomic E-state index is 13.0. The standard InChI is InChI=1S/C23H29N3O2S/c1-26(12-15-4-5-29-14-15)13-19-2-3-20(21(27)24-19)22(28)25-23-9-16-6-17(10-23)8-18(7-16)11-23/h2-5,14,16-18H,6-13H2,1H3,(H,24,27)(H,25,28). The number of amides is 1. The highest BCUT2D eigenvalue weighted by molar-refractivity contribution is 7.07. The number of nitrogens with one attached hydrogen (secondary N) is 2. The third kappa shape index (κ3) is 3.92. The fourth-order valence-electron chi connectivity index (χ4n) is 6.40. The molecule has 0 aromatic carbocycles. The van der Waals surface area contributed by atoms with Gasteiger partial charge in [-0.1, -0.05) is 0 Å². The van der Waals surface area contributed by atoms with E-state index in [1.54, 1.807) is 17.4 Å². The molecule has 0 saturated heterocycles. The van der Waals surface area contributed by atoms with Gasteiger partial charge in [0.25, 0.3) is 11.5 Å². The van der Waals surface area contributed by atoms with E-state index in [0.717, 1.165) is 49.3 Å². The summed E-state index contributed by atoms with van der Waals surface area (Å²) >= 11 is 1.69. The average molecular weight is 412 g/mol. The Kier molecular flexibility index (Phi) is 4.87. The first-order chi connectivity index (χ1) is 14.0. The predicted molar refractivity (Wildman–Crippen MR) is 115 cm³/mol. The van der Waals surface area contributed by atoms with Crippen LogP contribution in [0.4, 0.5) is 0 Å². The first kappa shape index (κ1) is 19.1. The molecule has 4 fully saturated rings. The van der Waals surface area contributed by atoms with E-state index in [0.29, 0.717) is 6.54 Å². The van der Waals surface area contributed by atoms with Crippen LogP contribution in [0.5, 0.6) is 0 Å². The Hall–Kier alpha value is -1.92. The minimum Gasteiger partial charge on any atom is -0.346 e. The van der Waals surface area contributed by atoms with Crippen LogP contribution in [0.15, 0.2) is 33.8 Å². The lowest BCUT2D eigenvalue weighted by molar-refractivity contribution is -0.0167. The van der Waals surface area contributed by atoms with E-state index in [1.807, 2.05) is 13.1 Å². The second kappa shape index (κ2) is 7.40. The van der Waals surface area contributed by atoms with Crippen molar-refractivity contribution in [3.05, 3.63) is 56.1 Å². The van der Waals surface area contributed by atoms with Gasteiger partial charge in [-0.2, -0.15) is 11.3 Å². The molecule has 29 heavy (non-hydrogen) atoms. The lowest BCUT2D eigenvalue weighted by Gasteiger charge is -2.56. The van der Waals surface area contributed by atoms with Crippen molar-refractivity contribution in [1.29, 1.82) is 0 Å². The number of carbonyl (C=O) groups excluding carboxylic acids is 1. The molecular formula is C23H29N3O2S. The smallest absolute Gasteiger partial charge is 0.261 e. The summed E-state index contributed by atoms with van der Waals surface area (Å²) < 4.78 is 0. The van der Waals surface area contributed by atoms with E-state index in [9.17, 15) is 9.59 Å². The van der Waals surface area contributed by atoms with Crippen molar-refractivity contribution < 1.29 is 4.79 Å². The molecular weight excluding hydrogens is 382 g/mol. The van der Waals surface area contributed by atoms with E-state index in [-0.39, 0.29) is 22.6 Å². The zero-order chi connectivity index (χ0) is 20.0. The number of pyridine rings is 1. The quantitative estimate of drug-likeness (QED) is 0.761. The average Bonchev–Trinajstić information content (AvgIpc) is 3.12. The molecule has 0 aliphatic heterocycles. The minimum absolute atomic E-state index is 0.0717. The van der Waals surface area contributed by atoms with Gasteiger partial charge in [-0.15, -0.1) is 0 Å². The molecule has 0 unspecified atom stereocenters. The molecule has 4 aliphatic rings. The van der Waals surface area contributed by atoms with Crippen molar-refractivity contribution in [1.82, 2.24) is 15.2 Å². The molecule has 0 radical (unpaired) electrons. The number of nitrogens with zero attached hydrogens (tertiary/aromatic N) is 1. The molecule has 6 heteroatoms. The first-order valence-electron chi connectivity index (χ1n) is 10.7. The van der Waals surface area contributed by atoms with Crippen LogP contribution in [0.25, 0.3) is 0 Å². The van der Waals surface area contributed by atoms with Gasteiger partial charge in [0.1, 0.15) is 5.56 Å². The van der Waals surface area contributed by atoms with Crippen molar-refractivity contribution in [2.75, 3.05) is 7.05 Å². The summed E-state index contributed by atoms with van der Waals surface area (Å²) in [4.78, 5) is 30.7. The molecule has 0 spiro atoms. The molecule has 2 aromatic heterocycles. The molecule has 4 bridgehead atoms. The van der Waals surface area contributed by atoms with Crippen LogP contribution in [0, 0.1) is 17.8 Å². The molecule has 6 rings (SSSR count). The SMILES string of the molecule is CN(Cc1ccsc1)Cc1ccc(C(=O)NC23CC4CC(CC(C4)C2)C3)c(=O)[nH]1. The molecule has 4 aliphatic carbocycles. The number of H-pyrrole nitrogens is 1. The predicted octanol–water partition coefficient (Wildman–Crippen LogP) is 3.77. The van der Waals surface area contributed by atoms with Gasteiger partial charge < -0.3 is 10.3 Å². The molecule has 2 N–H and O–H groups in total. The Morgan fingerprint density at radius 3 is 2.41 bits per heavy atom. The molecule has 2 aromatic rings. The van der Waals surface area contributed by atoms with Crippen LogP contribution >= 0.6 is 11.3 Å². The van der Waals surface area contributed by atoms with Gasteiger partial charge in [0, 0.05) is 24.3 Å². The van der Waals surface area contributed by atoms with E-state index in [1.165, 1.54) is 24.8 Å². The van der Waals surface area contributed by atoms with Gasteiger partial charge in [-0.25, -0.2) is 0 Å². The molecule has 1 amide bonds. The fourth-order valence-corrected chi connectivity index (χ4v) is 7.06. The number of aromatic amines is 1. The topological polar surface area (TPSA) is 65.2 Å². The highest BCUT2D eigenvalue weighted by atomic mass is 32.1. The van der Waals surface area contributed by atoms with E-state index < -0.39 is 0 Å². The van der Waals surface area contributed by atoms with E-state index >= 15 is 0 Å². The van der Waals surface area contributed by atoms with Gasteiger partial charge in [-0.05, 0) is 97.8 Å². The van der Waals surface area contributed by atoms with Crippen molar-refractivity contribution >= 4 is 17.2 Å². The number of carbonyl (C=O) groups is 1. The van der Waals surface area contributed by atoms with Crippen LogP contribution in [-0.4, -0.2) is 28.4 Å². The number of thiophene rings is 1. The Morgan fingerprint density at radius 2 is 1.83 bits per heavy atom. The molecule has 2 heterocycles. The summed E-state index contributed by atoms with van der Waals surface area (Å²) in [6, 6.07) is 5.68. The fraction of sp³-hybridized carbons (Fsp3) is 0.565. The third-order valence-corrected chi connectivity index (χ3v) is 7.84. The van der Waals surface area contributed by atoms with Gasteiger partial charge >= 0.3 is 0 Å². The summed E-state index contributed by atoms with van der Waals surface area (Å²) in [7, 11) is 2.03. The number of rotatable bonds is 6. The molecule has 154 valence electrons. The normalized spacial score (nSPS) is 30.1. The van der Waals surface area contributed by atoms with Gasteiger partial charge in [-0.3, -0.25) is 14.5 Å². The second-order valence-corrected chi connectivity index (χ2v) is 10.5. The summed E-state index contributed by atoms with van der Waals surface area (Å²) in [6.45, 7) is 1.47. The Morgan fingerprint density at radius 1 is 1.14 bits per heavy atom. The van der Waals surface area contributed by atoms with Gasteiger partial charge in [0.2, 0.25) is 0 Å². The van der Waals surface area contributed by atoms with Gasteiger partial charge in [0.05, 0.1) is 0 Å². The van der Waals surface area contributed by atoms with Crippen LogP contribution < -0.4 is 10.9 Å². The third-order valence-electron chi connectivity index (χ3n) is 7.10. The maximum Gasteiger partial charge on any atom is 0.261 e. The van der Waals surface area contributed by atoms with E-state index in [4.69, 9.17) is 0 Å². The number of hydrogen-bond acceptors (Lipinski definition) is 4. The Bertz CT molecular complexity index is 914. The van der Waals surface area contributed by atoms with Crippen LogP contribution in [0.1, 0.15) is 60.1 Å². The number of aromatic nitrogens is 1. The van der Waals surface area contributed by atoms with Crippen molar-refractivity contribution in [2.24, 2.45) is 17.8 Å². The van der Waals surface area contributed by atoms with Crippen molar-refractivity contribution in [3.63, 3.8) is 0 Å². The second-order valence-electron chi connectivity index (χ2n) is 9.68. The summed E-state index contributed by atoms with van der Waals surface area (Å²) in [5.74, 6) is 2.09. The first-order valence-corrected chi connectivity index (χ1v) is 11.7. The Labute approximate surface area is 175 Å². The zero-order valence-electron chi connectivity index (χ0n) is 16.9. The highest BCUT2D eigenvalue weighted by Gasteiger charge is 2.51. The van der Waals surface area contributed by atoms with Crippen molar-refractivity contribution in [3.8, 4) is 0 Å². The Balaban J connectivity index is 1.25.